The van der Waals surface area contributed by atoms with Gasteiger partial charge in [-0.25, -0.2) is 0 Å². The fourth-order valence-electron chi connectivity index (χ4n) is 2.21. The molecular weight excluding hydrogens is 282 g/mol. The maximum Gasteiger partial charge on any atom is 0.255 e. The molecule has 0 unspecified atom stereocenters. The molecule has 2 aromatic carbocycles. The minimum Gasteiger partial charge on any atom is -0.493 e. The number of ether oxygens (including phenoxy) is 2. The van der Waals surface area contributed by atoms with Crippen LogP contribution in [0.3, 0.4) is 0 Å². The first-order valence-corrected chi connectivity index (χ1v) is 6.70. The van der Waals surface area contributed by atoms with Crippen LogP contribution in [-0.4, -0.2) is 33.0 Å². The first-order chi connectivity index (χ1) is 10.6. The van der Waals surface area contributed by atoms with Crippen LogP contribution in [0.1, 0.15) is 26.3 Å². The lowest BCUT2D eigenvalue weighted by atomic mass is 9.96. The molecule has 0 aliphatic rings. The Morgan fingerprint density at radius 2 is 1.64 bits per heavy atom. The van der Waals surface area contributed by atoms with Crippen molar-refractivity contribution < 1.29 is 19.1 Å². The van der Waals surface area contributed by atoms with Gasteiger partial charge < -0.3 is 14.8 Å². The Kier molecular flexibility index (Phi) is 4.78. The molecule has 0 atom stereocenters. The lowest BCUT2D eigenvalue weighted by Gasteiger charge is -2.15. The Morgan fingerprint density at radius 1 is 0.955 bits per heavy atom. The maximum atomic E-state index is 12.7. The molecule has 1 amide bonds. The zero-order chi connectivity index (χ0) is 16.1. The van der Waals surface area contributed by atoms with E-state index in [0.717, 1.165) is 0 Å². The van der Waals surface area contributed by atoms with Gasteiger partial charge in [-0.2, -0.15) is 0 Å². The summed E-state index contributed by atoms with van der Waals surface area (Å²) in [7, 11) is 4.41. The standard InChI is InChI=1S/C17H17NO4/c1-18-17(20)14-12(9-10-13(21-2)16(14)22-3)15(19)11-7-5-4-6-8-11/h4-10H,1-3H3,(H,18,20). The van der Waals surface area contributed by atoms with E-state index < -0.39 is 5.91 Å². The van der Waals surface area contributed by atoms with Crippen molar-refractivity contribution in [3.05, 3.63) is 59.2 Å². The molecule has 0 aliphatic carbocycles. The van der Waals surface area contributed by atoms with Crippen LogP contribution >= 0.6 is 0 Å². The highest BCUT2D eigenvalue weighted by Gasteiger charge is 2.24. The summed E-state index contributed by atoms with van der Waals surface area (Å²) < 4.78 is 10.5. The molecule has 22 heavy (non-hydrogen) atoms. The largest absolute Gasteiger partial charge is 0.493 e. The SMILES string of the molecule is CNC(=O)c1c(C(=O)c2ccccc2)ccc(OC)c1OC. The Balaban J connectivity index is 2.65. The highest BCUT2D eigenvalue weighted by atomic mass is 16.5. The van der Waals surface area contributed by atoms with E-state index in [0.29, 0.717) is 11.3 Å². The third-order valence-electron chi connectivity index (χ3n) is 3.28. The second kappa shape index (κ2) is 6.76. The van der Waals surface area contributed by atoms with Crippen molar-refractivity contribution >= 4 is 11.7 Å². The molecule has 5 heteroatoms. The lowest BCUT2D eigenvalue weighted by Crippen LogP contribution is -2.22. The minimum atomic E-state index is -0.407. The highest BCUT2D eigenvalue weighted by molar-refractivity contribution is 6.16. The zero-order valence-corrected chi connectivity index (χ0v) is 12.7. The number of ketones is 1. The molecule has 5 nitrogen and oxygen atoms in total. The van der Waals surface area contributed by atoms with Crippen LogP contribution in [0.4, 0.5) is 0 Å². The van der Waals surface area contributed by atoms with Crippen molar-refractivity contribution in [2.24, 2.45) is 0 Å². The van der Waals surface area contributed by atoms with Crippen LogP contribution in [0.2, 0.25) is 0 Å². The Labute approximate surface area is 128 Å². The van der Waals surface area contributed by atoms with E-state index in [9.17, 15) is 9.59 Å². The molecule has 0 saturated heterocycles. The fraction of sp³-hybridized carbons (Fsp3) is 0.176. The van der Waals surface area contributed by atoms with Crippen LogP contribution < -0.4 is 14.8 Å². The van der Waals surface area contributed by atoms with Crippen LogP contribution in [0.25, 0.3) is 0 Å². The smallest absolute Gasteiger partial charge is 0.255 e. The Hall–Kier alpha value is -2.82. The average Bonchev–Trinajstić information content (AvgIpc) is 2.59. The normalized spacial score (nSPS) is 9.95. The Bertz CT molecular complexity index is 695. The molecular formula is C17H17NO4. The van der Waals surface area contributed by atoms with E-state index >= 15 is 0 Å². The van der Waals surface area contributed by atoms with Gasteiger partial charge in [-0.1, -0.05) is 30.3 Å². The first-order valence-electron chi connectivity index (χ1n) is 6.70. The van der Waals surface area contributed by atoms with Crippen molar-refractivity contribution in [2.45, 2.75) is 0 Å². The molecule has 2 rings (SSSR count). The number of hydrogen-bond donors (Lipinski definition) is 1. The van der Waals surface area contributed by atoms with Crippen LogP contribution in [0.15, 0.2) is 42.5 Å². The summed E-state index contributed by atoms with van der Waals surface area (Å²) in [6, 6.07) is 12.0. The molecule has 2 aromatic rings. The lowest BCUT2D eigenvalue weighted by molar-refractivity contribution is 0.0946. The molecule has 1 N–H and O–H groups in total. The van der Waals surface area contributed by atoms with Gasteiger partial charge in [0.2, 0.25) is 0 Å². The van der Waals surface area contributed by atoms with Crippen molar-refractivity contribution in [2.75, 3.05) is 21.3 Å². The van der Waals surface area contributed by atoms with Gasteiger partial charge in [-0.05, 0) is 12.1 Å². The number of benzene rings is 2. The highest BCUT2D eigenvalue weighted by Crippen LogP contribution is 2.34. The number of rotatable bonds is 5. The van der Waals surface area contributed by atoms with E-state index in [1.54, 1.807) is 36.4 Å². The van der Waals surface area contributed by atoms with E-state index in [-0.39, 0.29) is 22.7 Å². The predicted molar refractivity (Wildman–Crippen MR) is 82.8 cm³/mol. The van der Waals surface area contributed by atoms with Gasteiger partial charge in [0, 0.05) is 18.2 Å². The number of hydrogen-bond acceptors (Lipinski definition) is 4. The summed E-state index contributed by atoms with van der Waals surface area (Å²) in [5.74, 6) is -0.0236. The maximum absolute atomic E-state index is 12.7. The van der Waals surface area contributed by atoms with Crippen LogP contribution in [0.5, 0.6) is 11.5 Å². The van der Waals surface area contributed by atoms with Crippen molar-refractivity contribution in [1.29, 1.82) is 0 Å². The summed E-state index contributed by atoms with van der Waals surface area (Å²) in [6.07, 6.45) is 0. The summed E-state index contributed by atoms with van der Waals surface area (Å²) in [5, 5.41) is 2.53. The summed E-state index contributed by atoms with van der Waals surface area (Å²) in [4.78, 5) is 24.9. The molecule has 0 heterocycles. The minimum absolute atomic E-state index is 0.165. The second-order valence-corrected chi connectivity index (χ2v) is 4.50. The molecule has 0 aliphatic heterocycles. The van der Waals surface area contributed by atoms with E-state index in [1.807, 2.05) is 6.07 Å². The van der Waals surface area contributed by atoms with Crippen molar-refractivity contribution in [3.63, 3.8) is 0 Å². The van der Waals surface area contributed by atoms with Gasteiger partial charge in [-0.3, -0.25) is 9.59 Å². The summed E-state index contributed by atoms with van der Waals surface area (Å²) in [6.45, 7) is 0. The molecule has 0 spiro atoms. The fourth-order valence-corrected chi connectivity index (χ4v) is 2.21. The van der Waals surface area contributed by atoms with E-state index in [1.165, 1.54) is 21.3 Å². The topological polar surface area (TPSA) is 64.6 Å². The molecule has 114 valence electrons. The van der Waals surface area contributed by atoms with E-state index in [4.69, 9.17) is 9.47 Å². The van der Waals surface area contributed by atoms with Crippen molar-refractivity contribution in [1.82, 2.24) is 5.32 Å². The van der Waals surface area contributed by atoms with Gasteiger partial charge in [0.05, 0.1) is 19.8 Å². The van der Waals surface area contributed by atoms with Gasteiger partial charge in [0.1, 0.15) is 0 Å². The van der Waals surface area contributed by atoms with Gasteiger partial charge in [0.25, 0.3) is 5.91 Å². The summed E-state index contributed by atoms with van der Waals surface area (Å²) >= 11 is 0. The molecule has 0 fully saturated rings. The third kappa shape index (κ3) is 2.79. The van der Waals surface area contributed by atoms with Crippen LogP contribution in [0, 0.1) is 0 Å². The van der Waals surface area contributed by atoms with Gasteiger partial charge in [-0.15, -0.1) is 0 Å². The first kappa shape index (κ1) is 15.6. The van der Waals surface area contributed by atoms with Gasteiger partial charge in [0.15, 0.2) is 17.3 Å². The quantitative estimate of drug-likeness (QED) is 0.860. The number of methoxy groups -OCH3 is 2. The van der Waals surface area contributed by atoms with Crippen molar-refractivity contribution in [3.8, 4) is 11.5 Å². The Morgan fingerprint density at radius 3 is 2.18 bits per heavy atom. The predicted octanol–water partition coefficient (Wildman–Crippen LogP) is 2.29. The number of carbonyl (C=O) groups is 2. The second-order valence-electron chi connectivity index (χ2n) is 4.50. The summed E-state index contributed by atoms with van der Waals surface area (Å²) in [5.41, 5.74) is 0.932. The molecule has 0 radical (unpaired) electrons. The molecule has 0 saturated carbocycles. The van der Waals surface area contributed by atoms with E-state index in [2.05, 4.69) is 5.32 Å². The van der Waals surface area contributed by atoms with Crippen LogP contribution in [-0.2, 0) is 0 Å². The zero-order valence-electron chi connectivity index (χ0n) is 12.7. The molecule has 0 bridgehead atoms. The monoisotopic (exact) mass is 299 g/mol. The number of carbonyl (C=O) groups excluding carboxylic acids is 2. The molecule has 0 aromatic heterocycles. The average molecular weight is 299 g/mol. The third-order valence-corrected chi connectivity index (χ3v) is 3.28. The number of nitrogens with one attached hydrogen (secondary N) is 1. The number of amides is 1. The van der Waals surface area contributed by atoms with Gasteiger partial charge >= 0.3 is 0 Å².